The van der Waals surface area contributed by atoms with Gasteiger partial charge in [-0.3, -0.25) is 4.79 Å². The van der Waals surface area contributed by atoms with Gasteiger partial charge in [-0.25, -0.2) is 4.99 Å². The number of nitrogens with two attached hydrogens (primary N) is 2. The molecule has 1 heterocycles. The zero-order valence-corrected chi connectivity index (χ0v) is 15.2. The van der Waals surface area contributed by atoms with E-state index in [1.165, 1.54) is 25.1 Å². The summed E-state index contributed by atoms with van der Waals surface area (Å²) in [6.45, 7) is 7.74. The zero-order valence-electron chi connectivity index (χ0n) is 15.2. The highest BCUT2D eigenvalue weighted by molar-refractivity contribution is 5.93. The summed E-state index contributed by atoms with van der Waals surface area (Å²) in [6, 6.07) is 8.09. The topological polar surface area (TPSA) is 96.7 Å². The summed E-state index contributed by atoms with van der Waals surface area (Å²) in [6.07, 6.45) is 5.25. The van der Waals surface area contributed by atoms with Crippen molar-refractivity contribution in [2.45, 2.75) is 26.7 Å². The van der Waals surface area contributed by atoms with Crippen LogP contribution in [0.25, 0.3) is 0 Å². The Labute approximate surface area is 150 Å². The quantitative estimate of drug-likeness (QED) is 0.517. The van der Waals surface area contributed by atoms with E-state index >= 15 is 0 Å². The van der Waals surface area contributed by atoms with Crippen molar-refractivity contribution in [3.8, 4) is 0 Å². The SMILES string of the molecule is CC(=O)N/C=C\C(N)=Nc1ccc(CCN2CCC(C)(CN)C2)cc1. The van der Waals surface area contributed by atoms with E-state index in [9.17, 15) is 4.79 Å². The first-order valence-corrected chi connectivity index (χ1v) is 8.69. The molecule has 0 bridgehead atoms. The Kier molecular flexibility index (Phi) is 6.73. The zero-order chi connectivity index (χ0) is 18.3. The van der Waals surface area contributed by atoms with Crippen molar-refractivity contribution in [2.24, 2.45) is 21.9 Å². The molecule has 1 aromatic rings. The van der Waals surface area contributed by atoms with Crippen molar-refractivity contribution < 1.29 is 4.79 Å². The number of benzene rings is 1. The highest BCUT2D eigenvalue weighted by Gasteiger charge is 2.31. The van der Waals surface area contributed by atoms with Crippen LogP contribution in [0.2, 0.25) is 0 Å². The number of amidine groups is 1. The second kappa shape index (κ2) is 8.78. The molecule has 0 aliphatic carbocycles. The molecule has 1 atom stereocenters. The van der Waals surface area contributed by atoms with E-state index in [0.29, 0.717) is 5.84 Å². The fraction of sp³-hybridized carbons (Fsp3) is 0.474. The molecule has 0 saturated carbocycles. The summed E-state index contributed by atoms with van der Waals surface area (Å²) < 4.78 is 0. The molecular weight excluding hydrogens is 314 g/mol. The molecule has 5 N–H and O–H groups in total. The molecule has 0 aromatic heterocycles. The second-order valence-electron chi connectivity index (χ2n) is 7.03. The molecule has 25 heavy (non-hydrogen) atoms. The molecule has 1 unspecified atom stereocenters. The third kappa shape index (κ3) is 6.32. The number of aliphatic imine (C=N–C) groups is 1. The number of nitrogens with one attached hydrogen (secondary N) is 1. The summed E-state index contributed by atoms with van der Waals surface area (Å²) in [5.41, 5.74) is 14.0. The normalized spacial score (nSPS) is 21.8. The summed E-state index contributed by atoms with van der Waals surface area (Å²) in [7, 11) is 0. The predicted octanol–water partition coefficient (Wildman–Crippen LogP) is 1.54. The molecule has 1 aliphatic rings. The molecule has 1 amide bonds. The fourth-order valence-electron chi connectivity index (χ4n) is 2.94. The second-order valence-corrected chi connectivity index (χ2v) is 7.03. The average Bonchev–Trinajstić information content (AvgIpc) is 2.96. The Morgan fingerprint density at radius 3 is 2.72 bits per heavy atom. The number of carbonyl (C=O) groups is 1. The van der Waals surface area contributed by atoms with Crippen molar-refractivity contribution in [1.82, 2.24) is 10.2 Å². The van der Waals surface area contributed by atoms with E-state index in [1.54, 1.807) is 6.08 Å². The van der Waals surface area contributed by atoms with Crippen LogP contribution < -0.4 is 16.8 Å². The third-order valence-electron chi connectivity index (χ3n) is 4.58. The van der Waals surface area contributed by atoms with E-state index in [1.807, 2.05) is 12.1 Å². The molecular formula is C19H29N5O. The lowest BCUT2D eigenvalue weighted by Gasteiger charge is -2.22. The van der Waals surface area contributed by atoms with E-state index in [2.05, 4.69) is 34.3 Å². The van der Waals surface area contributed by atoms with Crippen LogP contribution in [-0.4, -0.2) is 42.8 Å². The number of amides is 1. The predicted molar refractivity (Wildman–Crippen MR) is 103 cm³/mol. The minimum absolute atomic E-state index is 0.141. The smallest absolute Gasteiger partial charge is 0.220 e. The van der Waals surface area contributed by atoms with Gasteiger partial charge >= 0.3 is 0 Å². The van der Waals surface area contributed by atoms with Crippen molar-refractivity contribution in [2.75, 3.05) is 26.2 Å². The van der Waals surface area contributed by atoms with Gasteiger partial charge in [0.25, 0.3) is 0 Å². The molecule has 1 aromatic carbocycles. The van der Waals surface area contributed by atoms with Crippen LogP contribution in [0.15, 0.2) is 41.5 Å². The van der Waals surface area contributed by atoms with Crippen LogP contribution in [0.3, 0.4) is 0 Å². The van der Waals surface area contributed by atoms with Gasteiger partial charge in [-0.2, -0.15) is 0 Å². The fourth-order valence-corrected chi connectivity index (χ4v) is 2.94. The maximum Gasteiger partial charge on any atom is 0.220 e. The van der Waals surface area contributed by atoms with E-state index in [4.69, 9.17) is 11.5 Å². The van der Waals surface area contributed by atoms with Gasteiger partial charge in [0.2, 0.25) is 5.91 Å². The van der Waals surface area contributed by atoms with Crippen LogP contribution >= 0.6 is 0 Å². The van der Waals surface area contributed by atoms with Crippen molar-refractivity contribution >= 4 is 17.4 Å². The Morgan fingerprint density at radius 2 is 2.12 bits per heavy atom. The van der Waals surface area contributed by atoms with Gasteiger partial charge in [0.05, 0.1) is 5.69 Å². The van der Waals surface area contributed by atoms with Gasteiger partial charge in [0.15, 0.2) is 0 Å². The van der Waals surface area contributed by atoms with Gasteiger partial charge in [0, 0.05) is 26.2 Å². The Morgan fingerprint density at radius 1 is 1.40 bits per heavy atom. The lowest BCUT2D eigenvalue weighted by molar-refractivity contribution is -0.118. The van der Waals surface area contributed by atoms with Crippen LogP contribution in [0.1, 0.15) is 25.8 Å². The highest BCUT2D eigenvalue weighted by atomic mass is 16.1. The largest absolute Gasteiger partial charge is 0.384 e. The highest BCUT2D eigenvalue weighted by Crippen LogP contribution is 2.28. The van der Waals surface area contributed by atoms with Crippen molar-refractivity contribution in [1.29, 1.82) is 0 Å². The van der Waals surface area contributed by atoms with E-state index in [0.717, 1.165) is 38.3 Å². The Hall–Kier alpha value is -2.18. The number of likely N-dealkylation sites (tertiary alicyclic amines) is 1. The molecule has 6 heteroatoms. The first-order valence-electron chi connectivity index (χ1n) is 8.69. The third-order valence-corrected chi connectivity index (χ3v) is 4.58. The maximum atomic E-state index is 10.8. The van der Waals surface area contributed by atoms with Crippen LogP contribution in [0.4, 0.5) is 5.69 Å². The Balaban J connectivity index is 1.84. The lowest BCUT2D eigenvalue weighted by Crippen LogP contribution is -2.32. The standard InChI is InChI=1S/C19H29N5O/c1-15(25)22-10-7-18(21)23-17-5-3-16(4-6-17)8-11-24-12-9-19(2,13-20)14-24/h3-7,10H,8-9,11-14,20H2,1-2H3,(H2,21,23)(H,22,25)/b10-7-. The maximum absolute atomic E-state index is 10.8. The minimum Gasteiger partial charge on any atom is -0.384 e. The number of hydrogen-bond donors (Lipinski definition) is 3. The van der Waals surface area contributed by atoms with E-state index < -0.39 is 0 Å². The number of nitrogens with zero attached hydrogens (tertiary/aromatic N) is 2. The summed E-state index contributed by atoms with van der Waals surface area (Å²) in [5.74, 6) is 0.206. The monoisotopic (exact) mass is 343 g/mol. The summed E-state index contributed by atoms with van der Waals surface area (Å²) in [4.78, 5) is 17.6. The van der Waals surface area contributed by atoms with Gasteiger partial charge in [-0.05, 0) is 55.1 Å². The minimum atomic E-state index is -0.141. The molecule has 0 spiro atoms. The van der Waals surface area contributed by atoms with Gasteiger partial charge in [0.1, 0.15) is 5.84 Å². The van der Waals surface area contributed by atoms with Crippen LogP contribution in [0.5, 0.6) is 0 Å². The number of carbonyl (C=O) groups excluding carboxylic acids is 1. The molecule has 2 rings (SSSR count). The first-order chi connectivity index (χ1) is 11.9. The first kappa shape index (κ1) is 19.1. The number of hydrogen-bond acceptors (Lipinski definition) is 4. The summed E-state index contributed by atoms with van der Waals surface area (Å²) >= 11 is 0. The van der Waals surface area contributed by atoms with Crippen LogP contribution in [-0.2, 0) is 11.2 Å². The van der Waals surface area contributed by atoms with Crippen molar-refractivity contribution in [3.63, 3.8) is 0 Å². The van der Waals surface area contributed by atoms with Gasteiger partial charge in [-0.1, -0.05) is 19.1 Å². The number of rotatable bonds is 7. The average molecular weight is 343 g/mol. The molecule has 1 fully saturated rings. The van der Waals surface area contributed by atoms with Gasteiger partial charge < -0.3 is 21.7 Å². The van der Waals surface area contributed by atoms with Crippen LogP contribution in [0, 0.1) is 5.41 Å². The molecule has 1 saturated heterocycles. The molecule has 136 valence electrons. The summed E-state index contributed by atoms with van der Waals surface area (Å²) in [5, 5.41) is 2.53. The van der Waals surface area contributed by atoms with Crippen molar-refractivity contribution in [3.05, 3.63) is 42.1 Å². The molecule has 6 nitrogen and oxygen atoms in total. The lowest BCUT2D eigenvalue weighted by atomic mass is 9.90. The molecule has 0 radical (unpaired) electrons. The van der Waals surface area contributed by atoms with E-state index in [-0.39, 0.29) is 11.3 Å². The van der Waals surface area contributed by atoms with Gasteiger partial charge in [-0.15, -0.1) is 0 Å². The Bertz CT molecular complexity index is 638. The molecule has 1 aliphatic heterocycles.